The van der Waals surface area contributed by atoms with E-state index in [0.29, 0.717) is 5.41 Å². The molecule has 0 aliphatic heterocycles. The molecular formula is C12H23NO. The van der Waals surface area contributed by atoms with Gasteiger partial charge in [-0.15, -0.1) is 0 Å². The van der Waals surface area contributed by atoms with Gasteiger partial charge >= 0.3 is 0 Å². The molecule has 0 spiro atoms. The molecule has 2 nitrogen and oxygen atoms in total. The van der Waals surface area contributed by atoms with Crippen LogP contribution in [0.4, 0.5) is 0 Å². The van der Waals surface area contributed by atoms with Crippen LogP contribution in [0, 0.1) is 5.41 Å². The Balaban J connectivity index is 2.54. The molecule has 14 heavy (non-hydrogen) atoms. The van der Waals surface area contributed by atoms with Crippen LogP contribution >= 0.6 is 0 Å². The lowest BCUT2D eigenvalue weighted by Crippen LogP contribution is -2.27. The summed E-state index contributed by atoms with van der Waals surface area (Å²) in [6.07, 6.45) is 9.74. The van der Waals surface area contributed by atoms with E-state index in [1.165, 1.54) is 38.5 Å². The maximum Gasteiger partial charge on any atom is 0.0571 e. The molecule has 1 rings (SSSR count). The molecule has 1 aliphatic carbocycles. The van der Waals surface area contributed by atoms with Gasteiger partial charge in [0.25, 0.3) is 0 Å². The van der Waals surface area contributed by atoms with Gasteiger partial charge in [-0.25, -0.2) is 0 Å². The van der Waals surface area contributed by atoms with Crippen LogP contribution in [-0.2, 0) is 0 Å². The van der Waals surface area contributed by atoms with Crippen LogP contribution in [-0.4, -0.2) is 10.9 Å². The standard InChI is InChI=1S/C12H23NO/c1-3-7-12(8-4-2)9-5-11(13-14)6-10-12/h14H,3-10H2,1-2H3. The quantitative estimate of drug-likeness (QED) is 0.536. The molecule has 0 amide bonds. The van der Waals surface area contributed by atoms with Gasteiger partial charge in [-0.3, -0.25) is 0 Å². The van der Waals surface area contributed by atoms with Gasteiger partial charge in [-0.2, -0.15) is 0 Å². The topological polar surface area (TPSA) is 32.6 Å². The Morgan fingerprint density at radius 3 is 2.00 bits per heavy atom. The lowest BCUT2D eigenvalue weighted by Gasteiger charge is -2.37. The van der Waals surface area contributed by atoms with E-state index in [1.807, 2.05) is 0 Å². The number of nitrogens with zero attached hydrogens (tertiary/aromatic N) is 1. The molecule has 0 saturated heterocycles. The highest BCUT2D eigenvalue weighted by atomic mass is 16.4. The molecule has 1 N–H and O–H groups in total. The Bertz CT molecular complexity index is 180. The Morgan fingerprint density at radius 1 is 1.14 bits per heavy atom. The largest absolute Gasteiger partial charge is 0.411 e. The molecule has 0 bridgehead atoms. The fourth-order valence-corrected chi connectivity index (χ4v) is 2.85. The second-order valence-electron chi connectivity index (χ2n) is 4.67. The maximum atomic E-state index is 8.71. The third-order valence-corrected chi connectivity index (χ3v) is 3.59. The summed E-state index contributed by atoms with van der Waals surface area (Å²) >= 11 is 0. The van der Waals surface area contributed by atoms with Gasteiger partial charge in [0.15, 0.2) is 0 Å². The number of rotatable bonds is 4. The molecule has 1 fully saturated rings. The molecular weight excluding hydrogens is 174 g/mol. The first-order valence-electron chi connectivity index (χ1n) is 5.96. The highest BCUT2D eigenvalue weighted by Gasteiger charge is 2.32. The van der Waals surface area contributed by atoms with Crippen molar-refractivity contribution in [2.75, 3.05) is 0 Å². The van der Waals surface area contributed by atoms with Crippen LogP contribution in [0.5, 0.6) is 0 Å². The van der Waals surface area contributed by atoms with Crippen molar-refractivity contribution >= 4 is 5.71 Å². The second-order valence-corrected chi connectivity index (χ2v) is 4.67. The van der Waals surface area contributed by atoms with Crippen molar-refractivity contribution in [1.82, 2.24) is 0 Å². The lowest BCUT2D eigenvalue weighted by atomic mass is 9.68. The molecule has 0 aromatic rings. The van der Waals surface area contributed by atoms with Gasteiger partial charge in [0.1, 0.15) is 0 Å². The van der Waals surface area contributed by atoms with Crippen molar-refractivity contribution in [1.29, 1.82) is 0 Å². The van der Waals surface area contributed by atoms with E-state index in [2.05, 4.69) is 19.0 Å². The summed E-state index contributed by atoms with van der Waals surface area (Å²) < 4.78 is 0. The molecule has 2 heteroatoms. The van der Waals surface area contributed by atoms with E-state index >= 15 is 0 Å². The number of hydrogen-bond donors (Lipinski definition) is 1. The first kappa shape index (κ1) is 11.5. The molecule has 1 saturated carbocycles. The Morgan fingerprint density at radius 2 is 1.64 bits per heavy atom. The molecule has 82 valence electrons. The minimum atomic E-state index is 0.567. The number of hydrogen-bond acceptors (Lipinski definition) is 2. The normalized spacial score (nSPS) is 20.9. The van der Waals surface area contributed by atoms with Crippen LogP contribution in [0.15, 0.2) is 5.16 Å². The minimum absolute atomic E-state index is 0.567. The first-order valence-corrected chi connectivity index (χ1v) is 5.96. The smallest absolute Gasteiger partial charge is 0.0571 e. The van der Waals surface area contributed by atoms with Crippen LogP contribution in [0.2, 0.25) is 0 Å². The lowest BCUT2D eigenvalue weighted by molar-refractivity contribution is 0.186. The van der Waals surface area contributed by atoms with Crippen molar-refractivity contribution in [3.05, 3.63) is 0 Å². The third-order valence-electron chi connectivity index (χ3n) is 3.59. The summed E-state index contributed by atoms with van der Waals surface area (Å²) in [6.45, 7) is 4.54. The summed E-state index contributed by atoms with van der Waals surface area (Å²) in [5.74, 6) is 0. The molecule has 0 heterocycles. The zero-order valence-electron chi connectivity index (χ0n) is 9.55. The molecule has 0 atom stereocenters. The molecule has 0 radical (unpaired) electrons. The van der Waals surface area contributed by atoms with Crippen LogP contribution in [0.3, 0.4) is 0 Å². The van der Waals surface area contributed by atoms with Crippen molar-refractivity contribution in [3.63, 3.8) is 0 Å². The van der Waals surface area contributed by atoms with Crippen molar-refractivity contribution in [3.8, 4) is 0 Å². The van der Waals surface area contributed by atoms with Gasteiger partial charge < -0.3 is 5.21 Å². The van der Waals surface area contributed by atoms with Crippen LogP contribution in [0.25, 0.3) is 0 Å². The van der Waals surface area contributed by atoms with Crippen molar-refractivity contribution < 1.29 is 5.21 Å². The molecule has 0 aromatic heterocycles. The minimum Gasteiger partial charge on any atom is -0.411 e. The summed E-state index contributed by atoms with van der Waals surface area (Å²) in [5, 5.41) is 12.1. The van der Waals surface area contributed by atoms with Gasteiger partial charge in [0.05, 0.1) is 5.71 Å². The summed E-state index contributed by atoms with van der Waals surface area (Å²) in [5.41, 5.74) is 1.57. The summed E-state index contributed by atoms with van der Waals surface area (Å²) in [7, 11) is 0. The molecule has 0 aromatic carbocycles. The summed E-state index contributed by atoms with van der Waals surface area (Å²) in [4.78, 5) is 0. The molecule has 0 unspecified atom stereocenters. The maximum absolute atomic E-state index is 8.71. The van der Waals surface area contributed by atoms with E-state index in [4.69, 9.17) is 5.21 Å². The zero-order valence-corrected chi connectivity index (χ0v) is 9.55. The van der Waals surface area contributed by atoms with E-state index in [9.17, 15) is 0 Å². The average molecular weight is 197 g/mol. The Kier molecular flexibility index (Phi) is 4.43. The predicted molar refractivity (Wildman–Crippen MR) is 59.9 cm³/mol. The van der Waals surface area contributed by atoms with E-state index in [1.54, 1.807) is 0 Å². The predicted octanol–water partition coefficient (Wildman–Crippen LogP) is 3.98. The molecule has 1 aliphatic rings. The van der Waals surface area contributed by atoms with Gasteiger partial charge in [-0.05, 0) is 43.9 Å². The summed E-state index contributed by atoms with van der Waals surface area (Å²) in [6, 6.07) is 0. The van der Waals surface area contributed by atoms with E-state index < -0.39 is 0 Å². The Hall–Kier alpha value is -0.530. The first-order chi connectivity index (χ1) is 6.76. The van der Waals surface area contributed by atoms with Gasteiger partial charge in [0, 0.05) is 0 Å². The third kappa shape index (κ3) is 2.73. The monoisotopic (exact) mass is 197 g/mol. The van der Waals surface area contributed by atoms with Crippen LogP contribution < -0.4 is 0 Å². The number of oxime groups is 1. The average Bonchev–Trinajstić information content (AvgIpc) is 2.20. The van der Waals surface area contributed by atoms with Gasteiger partial charge in [-0.1, -0.05) is 31.8 Å². The van der Waals surface area contributed by atoms with Crippen LogP contribution in [0.1, 0.15) is 65.2 Å². The second kappa shape index (κ2) is 5.38. The van der Waals surface area contributed by atoms with E-state index in [-0.39, 0.29) is 0 Å². The van der Waals surface area contributed by atoms with Gasteiger partial charge in [0.2, 0.25) is 0 Å². The van der Waals surface area contributed by atoms with Crippen molar-refractivity contribution in [2.45, 2.75) is 65.2 Å². The highest BCUT2D eigenvalue weighted by Crippen LogP contribution is 2.43. The van der Waals surface area contributed by atoms with Crippen molar-refractivity contribution in [2.24, 2.45) is 10.6 Å². The highest BCUT2D eigenvalue weighted by molar-refractivity contribution is 5.84. The fraction of sp³-hybridized carbons (Fsp3) is 0.917. The SMILES string of the molecule is CCCC1(CCC)CCC(=NO)CC1. The zero-order chi connectivity index (χ0) is 10.4. The fourth-order valence-electron chi connectivity index (χ4n) is 2.85. The van der Waals surface area contributed by atoms with E-state index in [0.717, 1.165) is 18.6 Å². The Labute approximate surface area is 87.4 Å².